The van der Waals surface area contributed by atoms with E-state index in [4.69, 9.17) is 4.98 Å². The molecule has 0 aliphatic carbocycles. The number of nitrogens with zero attached hydrogens (tertiary/aromatic N) is 3. The van der Waals surface area contributed by atoms with Crippen molar-refractivity contribution in [2.45, 2.75) is 13.3 Å². The van der Waals surface area contributed by atoms with Crippen molar-refractivity contribution in [3.05, 3.63) is 58.1 Å². The molecular formula is C20H20BrN3OS. The topological polar surface area (TPSA) is 36.4 Å². The normalized spacial score (nSPS) is 14.8. The summed E-state index contributed by atoms with van der Waals surface area (Å²) in [7, 11) is 0. The number of piperazine rings is 1. The van der Waals surface area contributed by atoms with Gasteiger partial charge in [-0.15, -0.1) is 0 Å². The van der Waals surface area contributed by atoms with Gasteiger partial charge in [0, 0.05) is 36.2 Å². The van der Waals surface area contributed by atoms with Gasteiger partial charge < -0.3 is 9.80 Å². The highest BCUT2D eigenvalue weighted by molar-refractivity contribution is 9.10. The van der Waals surface area contributed by atoms with Gasteiger partial charge in [-0.25, -0.2) is 4.98 Å². The van der Waals surface area contributed by atoms with Crippen LogP contribution in [0.15, 0.2) is 46.9 Å². The molecule has 1 aliphatic heterocycles. The van der Waals surface area contributed by atoms with E-state index in [1.807, 2.05) is 29.2 Å². The van der Waals surface area contributed by atoms with Crippen LogP contribution in [0.5, 0.6) is 0 Å². The first kappa shape index (κ1) is 17.5. The predicted molar refractivity (Wildman–Crippen MR) is 111 cm³/mol. The Morgan fingerprint density at radius 2 is 1.96 bits per heavy atom. The molecule has 1 amide bonds. The number of carbonyl (C=O) groups is 1. The third-order valence-corrected chi connectivity index (χ3v) is 6.33. The minimum Gasteiger partial charge on any atom is -0.345 e. The molecule has 0 radical (unpaired) electrons. The average molecular weight is 430 g/mol. The smallest absolute Gasteiger partial charge is 0.254 e. The fourth-order valence-corrected chi connectivity index (χ4v) is 4.70. The molecule has 1 fully saturated rings. The number of hydrogen-bond acceptors (Lipinski definition) is 4. The van der Waals surface area contributed by atoms with Crippen LogP contribution >= 0.6 is 27.3 Å². The zero-order chi connectivity index (χ0) is 18.1. The lowest BCUT2D eigenvalue weighted by atomic mass is 10.2. The molecule has 2 heterocycles. The number of amides is 1. The molecule has 0 bridgehead atoms. The van der Waals surface area contributed by atoms with Crippen LogP contribution in [0, 0.1) is 0 Å². The lowest BCUT2D eigenvalue weighted by molar-refractivity contribution is 0.0746. The Hall–Kier alpha value is -1.92. The zero-order valence-corrected chi connectivity index (χ0v) is 17.0. The Balaban J connectivity index is 1.45. The Morgan fingerprint density at radius 1 is 1.15 bits per heavy atom. The molecule has 4 rings (SSSR count). The van der Waals surface area contributed by atoms with Crippen LogP contribution in [0.25, 0.3) is 10.2 Å². The van der Waals surface area contributed by atoms with E-state index >= 15 is 0 Å². The van der Waals surface area contributed by atoms with E-state index in [0.717, 1.165) is 53.3 Å². The highest BCUT2D eigenvalue weighted by Gasteiger charge is 2.24. The van der Waals surface area contributed by atoms with Crippen LogP contribution in [0.3, 0.4) is 0 Å². The average Bonchev–Trinajstić information content (AvgIpc) is 3.10. The Bertz CT molecular complexity index is 947. The molecule has 4 nitrogen and oxygen atoms in total. The van der Waals surface area contributed by atoms with Crippen LogP contribution in [0.4, 0.5) is 5.13 Å². The lowest BCUT2D eigenvalue weighted by Gasteiger charge is -2.34. The maximum atomic E-state index is 12.7. The van der Waals surface area contributed by atoms with Gasteiger partial charge in [0.15, 0.2) is 5.13 Å². The van der Waals surface area contributed by atoms with E-state index in [0.29, 0.717) is 0 Å². The van der Waals surface area contributed by atoms with E-state index in [9.17, 15) is 4.79 Å². The van der Waals surface area contributed by atoms with Crippen LogP contribution in [-0.4, -0.2) is 42.0 Å². The van der Waals surface area contributed by atoms with Crippen LogP contribution in [0.1, 0.15) is 22.8 Å². The molecule has 6 heteroatoms. The van der Waals surface area contributed by atoms with Crippen LogP contribution in [0.2, 0.25) is 0 Å². The van der Waals surface area contributed by atoms with Gasteiger partial charge in [0.2, 0.25) is 0 Å². The summed E-state index contributed by atoms with van der Waals surface area (Å²) in [5.41, 5.74) is 3.15. The number of rotatable bonds is 3. The minimum absolute atomic E-state index is 0.0998. The number of anilines is 1. The second kappa shape index (κ2) is 7.37. The highest BCUT2D eigenvalue weighted by Crippen LogP contribution is 2.30. The first-order chi connectivity index (χ1) is 12.6. The molecular weight excluding hydrogens is 410 g/mol. The van der Waals surface area contributed by atoms with Crippen molar-refractivity contribution in [3.63, 3.8) is 0 Å². The molecule has 0 spiro atoms. The molecule has 1 aliphatic rings. The van der Waals surface area contributed by atoms with E-state index in [2.05, 4.69) is 46.0 Å². The molecule has 0 atom stereocenters. The molecule has 0 saturated carbocycles. The summed E-state index contributed by atoms with van der Waals surface area (Å²) >= 11 is 5.18. The first-order valence-electron chi connectivity index (χ1n) is 8.83. The van der Waals surface area contributed by atoms with Gasteiger partial charge in [0.25, 0.3) is 5.91 Å². The molecule has 2 aromatic carbocycles. The second-order valence-corrected chi connectivity index (χ2v) is 8.37. The van der Waals surface area contributed by atoms with Gasteiger partial charge in [-0.05, 0) is 42.3 Å². The molecule has 0 N–H and O–H groups in total. The second-order valence-electron chi connectivity index (χ2n) is 6.44. The van der Waals surface area contributed by atoms with Gasteiger partial charge in [-0.1, -0.05) is 46.3 Å². The summed E-state index contributed by atoms with van der Waals surface area (Å²) in [5, 5.41) is 1.06. The SMILES string of the molecule is CCc1ccc2nc(N3CCN(C(=O)c4cccc(Br)c4)CC3)sc2c1. The molecule has 26 heavy (non-hydrogen) atoms. The third-order valence-electron chi connectivity index (χ3n) is 4.76. The van der Waals surface area contributed by atoms with E-state index in [-0.39, 0.29) is 5.91 Å². The van der Waals surface area contributed by atoms with Crippen molar-refractivity contribution in [2.75, 3.05) is 31.1 Å². The Kier molecular flexibility index (Phi) is 4.96. The number of hydrogen-bond donors (Lipinski definition) is 0. The Labute approximate surface area is 165 Å². The van der Waals surface area contributed by atoms with E-state index in [1.54, 1.807) is 11.3 Å². The van der Waals surface area contributed by atoms with Gasteiger partial charge in [0.1, 0.15) is 0 Å². The predicted octanol–water partition coefficient (Wildman–Crippen LogP) is 4.58. The minimum atomic E-state index is 0.0998. The van der Waals surface area contributed by atoms with Crippen molar-refractivity contribution in [2.24, 2.45) is 0 Å². The van der Waals surface area contributed by atoms with E-state index in [1.165, 1.54) is 10.3 Å². The summed E-state index contributed by atoms with van der Waals surface area (Å²) in [6, 6.07) is 14.1. The maximum Gasteiger partial charge on any atom is 0.254 e. The molecule has 3 aromatic rings. The number of halogens is 1. The number of benzene rings is 2. The maximum absolute atomic E-state index is 12.7. The summed E-state index contributed by atoms with van der Waals surface area (Å²) in [6.45, 7) is 5.26. The number of carbonyl (C=O) groups excluding carboxylic acids is 1. The van der Waals surface area contributed by atoms with Crippen molar-refractivity contribution in [1.82, 2.24) is 9.88 Å². The van der Waals surface area contributed by atoms with Crippen LogP contribution < -0.4 is 4.90 Å². The monoisotopic (exact) mass is 429 g/mol. The van der Waals surface area contributed by atoms with Crippen molar-refractivity contribution < 1.29 is 4.79 Å². The van der Waals surface area contributed by atoms with Gasteiger partial charge >= 0.3 is 0 Å². The fraction of sp³-hybridized carbons (Fsp3) is 0.300. The number of aryl methyl sites for hydroxylation is 1. The molecule has 1 aromatic heterocycles. The number of fused-ring (bicyclic) bond motifs is 1. The number of thiazole rings is 1. The lowest BCUT2D eigenvalue weighted by Crippen LogP contribution is -2.48. The quantitative estimate of drug-likeness (QED) is 0.610. The number of aromatic nitrogens is 1. The van der Waals surface area contributed by atoms with Crippen molar-refractivity contribution in [3.8, 4) is 0 Å². The van der Waals surface area contributed by atoms with Gasteiger partial charge in [-0.2, -0.15) is 0 Å². The van der Waals surface area contributed by atoms with Gasteiger partial charge in [-0.3, -0.25) is 4.79 Å². The van der Waals surface area contributed by atoms with Crippen molar-refractivity contribution in [1.29, 1.82) is 0 Å². The summed E-state index contributed by atoms with van der Waals surface area (Å²) < 4.78 is 2.18. The zero-order valence-electron chi connectivity index (χ0n) is 14.6. The third kappa shape index (κ3) is 3.48. The summed E-state index contributed by atoms with van der Waals surface area (Å²) in [5.74, 6) is 0.0998. The fourth-order valence-electron chi connectivity index (χ4n) is 3.22. The highest BCUT2D eigenvalue weighted by atomic mass is 79.9. The first-order valence-corrected chi connectivity index (χ1v) is 10.4. The Morgan fingerprint density at radius 3 is 2.69 bits per heavy atom. The van der Waals surface area contributed by atoms with Crippen molar-refractivity contribution >= 4 is 48.5 Å². The van der Waals surface area contributed by atoms with E-state index < -0.39 is 0 Å². The molecule has 134 valence electrons. The summed E-state index contributed by atoms with van der Waals surface area (Å²) in [6.07, 6.45) is 1.04. The molecule has 0 unspecified atom stereocenters. The largest absolute Gasteiger partial charge is 0.345 e. The molecule has 1 saturated heterocycles. The van der Waals surface area contributed by atoms with Crippen LogP contribution in [-0.2, 0) is 6.42 Å². The van der Waals surface area contributed by atoms with Gasteiger partial charge in [0.05, 0.1) is 10.2 Å². The standard InChI is InChI=1S/C20H20BrN3OS/c1-2-14-6-7-17-18(12-14)26-20(22-17)24-10-8-23(9-11-24)19(25)15-4-3-5-16(21)13-15/h3-7,12-13H,2,8-11H2,1H3. The summed E-state index contributed by atoms with van der Waals surface area (Å²) in [4.78, 5) is 21.7.